The molecule has 1 aromatic heterocycles. The van der Waals surface area contributed by atoms with Gasteiger partial charge in [-0.3, -0.25) is 4.79 Å². The molecule has 0 saturated heterocycles. The summed E-state index contributed by atoms with van der Waals surface area (Å²) in [4.78, 5) is 10.8. The van der Waals surface area contributed by atoms with Crippen LogP contribution in [-0.4, -0.2) is 24.6 Å². The zero-order chi connectivity index (χ0) is 11.5. The lowest BCUT2D eigenvalue weighted by molar-refractivity contribution is -0.692. The summed E-state index contributed by atoms with van der Waals surface area (Å²) in [5.74, 6) is -1.12. The predicted molar refractivity (Wildman–Crippen MR) is 49.7 cm³/mol. The molecule has 7 heteroatoms. The summed E-state index contributed by atoms with van der Waals surface area (Å²) < 4.78 is 32.5. The fourth-order valence-electron chi connectivity index (χ4n) is 1.02. The molecular weight excluding hydrogens is 220 g/mol. The van der Waals surface area contributed by atoms with Crippen LogP contribution in [-0.2, 0) is 16.7 Å². The van der Waals surface area contributed by atoms with Crippen LogP contribution in [0.25, 0.3) is 0 Å². The molecule has 0 unspecified atom stereocenters. The first-order valence-electron chi connectivity index (χ1n) is 4.11. The Morgan fingerprint density at radius 1 is 1.53 bits per heavy atom. The monoisotopic (exact) mass is 230 g/mol. The summed E-state index contributed by atoms with van der Waals surface area (Å²) in [7, 11) is -4.24. The highest BCUT2D eigenvalue weighted by Crippen LogP contribution is 1.92. The van der Waals surface area contributed by atoms with Crippen molar-refractivity contribution in [1.29, 1.82) is 0 Å². The largest absolute Gasteiger partial charge is 0.748 e. The van der Waals surface area contributed by atoms with E-state index in [4.69, 9.17) is 5.73 Å². The summed E-state index contributed by atoms with van der Waals surface area (Å²) in [6, 6.07) is 3.06. The van der Waals surface area contributed by atoms with Crippen LogP contribution in [0.15, 0.2) is 24.5 Å². The van der Waals surface area contributed by atoms with Crippen molar-refractivity contribution in [3.63, 3.8) is 0 Å². The van der Waals surface area contributed by atoms with E-state index in [0.717, 1.165) is 0 Å². The van der Waals surface area contributed by atoms with Gasteiger partial charge in [-0.25, -0.2) is 13.0 Å². The Balaban J connectivity index is 2.79. The standard InChI is InChI=1S/C8H10N2O4S/c9-8(11)7-2-1-3-10(6-7)4-5-15(12,13)14/h1-3,6H,4-5H2,(H2-,9,11,12,13,14). The molecule has 2 N–H and O–H groups in total. The molecule has 0 fully saturated rings. The van der Waals surface area contributed by atoms with Crippen molar-refractivity contribution >= 4 is 16.0 Å². The lowest BCUT2D eigenvalue weighted by Crippen LogP contribution is -2.37. The van der Waals surface area contributed by atoms with Crippen LogP contribution in [0, 0.1) is 0 Å². The molecule has 82 valence electrons. The number of carbonyl (C=O) groups is 1. The second kappa shape index (κ2) is 4.37. The van der Waals surface area contributed by atoms with Crippen LogP contribution in [0.2, 0.25) is 0 Å². The van der Waals surface area contributed by atoms with Gasteiger partial charge in [0.15, 0.2) is 18.9 Å². The number of hydrogen-bond acceptors (Lipinski definition) is 4. The number of primary amides is 1. The van der Waals surface area contributed by atoms with Crippen molar-refractivity contribution in [2.75, 3.05) is 5.75 Å². The summed E-state index contributed by atoms with van der Waals surface area (Å²) in [6.45, 7) is 0.00690. The van der Waals surface area contributed by atoms with Crippen LogP contribution in [0.5, 0.6) is 0 Å². The molecule has 0 saturated carbocycles. The van der Waals surface area contributed by atoms with E-state index < -0.39 is 21.8 Å². The molecule has 0 aliphatic rings. The molecule has 1 amide bonds. The Labute approximate surface area is 87.1 Å². The third-order valence-corrected chi connectivity index (χ3v) is 2.42. The molecule has 6 nitrogen and oxygen atoms in total. The summed E-state index contributed by atoms with van der Waals surface area (Å²) in [5.41, 5.74) is 5.30. The third-order valence-electron chi connectivity index (χ3n) is 1.74. The minimum absolute atomic E-state index is 0.00690. The highest BCUT2D eigenvalue weighted by Gasteiger charge is 2.08. The van der Waals surface area contributed by atoms with Crippen molar-refractivity contribution in [2.45, 2.75) is 6.54 Å². The first-order valence-corrected chi connectivity index (χ1v) is 5.69. The quantitative estimate of drug-likeness (QED) is 0.508. The number of pyridine rings is 1. The van der Waals surface area contributed by atoms with Gasteiger partial charge in [0.1, 0.15) is 15.7 Å². The highest BCUT2D eigenvalue weighted by molar-refractivity contribution is 7.85. The Bertz CT molecular complexity index is 469. The maximum atomic E-state index is 10.8. The molecule has 15 heavy (non-hydrogen) atoms. The smallest absolute Gasteiger partial charge is 0.254 e. The van der Waals surface area contributed by atoms with E-state index in [0.29, 0.717) is 0 Å². The van der Waals surface area contributed by atoms with Gasteiger partial charge in [0.25, 0.3) is 5.91 Å². The van der Waals surface area contributed by atoms with Gasteiger partial charge in [-0.1, -0.05) is 0 Å². The van der Waals surface area contributed by atoms with Crippen molar-refractivity contribution in [3.05, 3.63) is 30.1 Å². The van der Waals surface area contributed by atoms with Crippen LogP contribution < -0.4 is 10.3 Å². The number of nitrogens with two attached hydrogens (primary N) is 1. The molecule has 0 aliphatic carbocycles. The van der Waals surface area contributed by atoms with E-state index in [-0.39, 0.29) is 12.1 Å². The van der Waals surface area contributed by atoms with E-state index in [1.807, 2.05) is 0 Å². The molecular formula is C8H10N2O4S. The van der Waals surface area contributed by atoms with Gasteiger partial charge in [-0.15, -0.1) is 0 Å². The number of carbonyl (C=O) groups excluding carboxylic acids is 1. The molecule has 1 rings (SSSR count). The lowest BCUT2D eigenvalue weighted by Gasteiger charge is -2.03. The van der Waals surface area contributed by atoms with Crippen LogP contribution in [0.1, 0.15) is 10.4 Å². The molecule has 0 bridgehead atoms. The second-order valence-corrected chi connectivity index (χ2v) is 4.48. The number of hydrogen-bond donors (Lipinski definition) is 1. The maximum absolute atomic E-state index is 10.8. The van der Waals surface area contributed by atoms with Crippen LogP contribution in [0.3, 0.4) is 0 Å². The number of rotatable bonds is 4. The number of nitrogens with zero attached hydrogens (tertiary/aromatic N) is 1. The zero-order valence-electron chi connectivity index (χ0n) is 7.79. The average molecular weight is 230 g/mol. The van der Waals surface area contributed by atoms with Gasteiger partial charge in [-0.2, -0.15) is 0 Å². The van der Waals surface area contributed by atoms with E-state index in [9.17, 15) is 17.8 Å². The number of aryl methyl sites for hydroxylation is 1. The normalized spacial score (nSPS) is 11.3. The SMILES string of the molecule is NC(=O)c1ccc[n+](CCS(=O)(=O)[O-])c1. The van der Waals surface area contributed by atoms with Gasteiger partial charge in [0.05, 0.1) is 5.75 Å². The molecule has 0 radical (unpaired) electrons. The Hall–Kier alpha value is -1.47. The molecule has 0 aliphatic heterocycles. The minimum Gasteiger partial charge on any atom is -0.748 e. The number of aromatic nitrogens is 1. The fourth-order valence-corrected chi connectivity index (χ4v) is 1.46. The molecule has 1 aromatic rings. The van der Waals surface area contributed by atoms with E-state index in [2.05, 4.69) is 0 Å². The lowest BCUT2D eigenvalue weighted by atomic mass is 10.3. The van der Waals surface area contributed by atoms with Crippen molar-refractivity contribution < 1.29 is 22.3 Å². The molecule has 0 atom stereocenters. The zero-order valence-corrected chi connectivity index (χ0v) is 8.61. The molecule has 0 aromatic carbocycles. The van der Waals surface area contributed by atoms with Gasteiger partial charge < -0.3 is 10.3 Å². The Morgan fingerprint density at radius 2 is 2.20 bits per heavy atom. The van der Waals surface area contributed by atoms with E-state index in [1.165, 1.54) is 16.8 Å². The van der Waals surface area contributed by atoms with Gasteiger partial charge in [0.2, 0.25) is 0 Å². The Kier molecular flexibility index (Phi) is 3.38. The van der Waals surface area contributed by atoms with Crippen LogP contribution >= 0.6 is 0 Å². The topological polar surface area (TPSA) is 104 Å². The molecule has 1 heterocycles. The van der Waals surface area contributed by atoms with E-state index in [1.54, 1.807) is 12.3 Å². The third kappa shape index (κ3) is 4.05. The van der Waals surface area contributed by atoms with Crippen molar-refractivity contribution in [2.24, 2.45) is 5.73 Å². The predicted octanol–water partition coefficient (Wildman–Crippen LogP) is -1.38. The Morgan fingerprint density at radius 3 is 2.73 bits per heavy atom. The van der Waals surface area contributed by atoms with E-state index >= 15 is 0 Å². The van der Waals surface area contributed by atoms with Gasteiger partial charge >= 0.3 is 0 Å². The summed E-state index contributed by atoms with van der Waals surface area (Å²) in [5, 5.41) is 0. The first-order chi connectivity index (χ1) is 6.88. The van der Waals surface area contributed by atoms with Crippen molar-refractivity contribution in [1.82, 2.24) is 0 Å². The number of amides is 1. The summed E-state index contributed by atoms with van der Waals surface area (Å²) in [6.07, 6.45) is 2.95. The van der Waals surface area contributed by atoms with Crippen LogP contribution in [0.4, 0.5) is 0 Å². The van der Waals surface area contributed by atoms with Crippen molar-refractivity contribution in [3.8, 4) is 0 Å². The summed E-state index contributed by atoms with van der Waals surface area (Å²) >= 11 is 0. The fraction of sp³-hybridized carbons (Fsp3) is 0.250. The second-order valence-electron chi connectivity index (χ2n) is 2.96. The van der Waals surface area contributed by atoms with Gasteiger partial charge in [-0.05, 0) is 6.07 Å². The van der Waals surface area contributed by atoms with Gasteiger partial charge in [0, 0.05) is 6.07 Å². The molecule has 0 spiro atoms. The average Bonchev–Trinajstić information content (AvgIpc) is 2.14. The first kappa shape index (κ1) is 11.6. The minimum atomic E-state index is -4.24. The highest BCUT2D eigenvalue weighted by atomic mass is 32.2. The maximum Gasteiger partial charge on any atom is 0.254 e.